The standard InChI is InChI=1S/C12H20N2O3S2/c1-18-10-5-3-2-4-8(10)13-12(17)14-7-19-6-9(14)11(15)16/h8-10H,2-7H2,1H3,(H,13,17)(H,15,16). The second-order valence-corrected chi connectivity index (χ2v) is 7.01. The van der Waals surface area contributed by atoms with Crippen LogP contribution >= 0.6 is 23.5 Å². The minimum atomic E-state index is -0.912. The molecule has 0 radical (unpaired) electrons. The smallest absolute Gasteiger partial charge is 0.327 e. The fourth-order valence-corrected chi connectivity index (χ4v) is 4.71. The van der Waals surface area contributed by atoms with E-state index in [4.69, 9.17) is 5.11 Å². The number of urea groups is 1. The van der Waals surface area contributed by atoms with Crippen LogP contribution in [0.2, 0.25) is 0 Å². The summed E-state index contributed by atoms with van der Waals surface area (Å²) in [5, 5.41) is 12.6. The van der Waals surface area contributed by atoms with E-state index in [1.54, 1.807) is 11.8 Å². The van der Waals surface area contributed by atoms with Crippen molar-refractivity contribution in [1.29, 1.82) is 0 Å². The second-order valence-electron chi connectivity index (χ2n) is 4.94. The van der Waals surface area contributed by atoms with Crippen LogP contribution in [-0.4, -0.2) is 57.2 Å². The summed E-state index contributed by atoms with van der Waals surface area (Å²) < 4.78 is 0. The summed E-state index contributed by atoms with van der Waals surface area (Å²) in [7, 11) is 0. The summed E-state index contributed by atoms with van der Waals surface area (Å²) >= 11 is 3.29. The van der Waals surface area contributed by atoms with Gasteiger partial charge < -0.3 is 15.3 Å². The lowest BCUT2D eigenvalue weighted by molar-refractivity contribution is -0.140. The van der Waals surface area contributed by atoms with Crippen LogP contribution in [0.5, 0.6) is 0 Å². The third-order valence-electron chi connectivity index (χ3n) is 3.74. The van der Waals surface area contributed by atoms with Gasteiger partial charge in [-0.15, -0.1) is 11.8 Å². The van der Waals surface area contributed by atoms with E-state index >= 15 is 0 Å². The zero-order chi connectivity index (χ0) is 13.8. The molecule has 0 aromatic heterocycles. The van der Waals surface area contributed by atoms with Gasteiger partial charge in [-0.1, -0.05) is 12.8 Å². The molecule has 19 heavy (non-hydrogen) atoms. The molecule has 2 fully saturated rings. The number of thioether (sulfide) groups is 2. The van der Waals surface area contributed by atoms with Crippen molar-refractivity contribution in [2.75, 3.05) is 17.9 Å². The highest BCUT2D eigenvalue weighted by molar-refractivity contribution is 7.99. The van der Waals surface area contributed by atoms with Gasteiger partial charge >= 0.3 is 12.0 Å². The first kappa shape index (κ1) is 14.8. The Morgan fingerprint density at radius 1 is 1.37 bits per heavy atom. The molecule has 7 heteroatoms. The van der Waals surface area contributed by atoms with Crippen molar-refractivity contribution in [2.24, 2.45) is 0 Å². The molecule has 1 aliphatic heterocycles. The van der Waals surface area contributed by atoms with E-state index in [-0.39, 0.29) is 12.1 Å². The molecule has 0 spiro atoms. The minimum Gasteiger partial charge on any atom is -0.480 e. The van der Waals surface area contributed by atoms with Crippen molar-refractivity contribution in [3.8, 4) is 0 Å². The number of aliphatic carboxylic acids is 1. The van der Waals surface area contributed by atoms with Gasteiger partial charge in [-0.2, -0.15) is 11.8 Å². The van der Waals surface area contributed by atoms with Gasteiger partial charge in [0.25, 0.3) is 0 Å². The first-order valence-corrected chi connectivity index (χ1v) is 8.98. The molecule has 0 aromatic rings. The molecule has 108 valence electrons. The summed E-state index contributed by atoms with van der Waals surface area (Å²) in [5.41, 5.74) is 0. The molecule has 5 nitrogen and oxygen atoms in total. The van der Waals surface area contributed by atoms with Gasteiger partial charge in [-0.05, 0) is 19.1 Å². The minimum absolute atomic E-state index is 0.177. The first-order chi connectivity index (χ1) is 9.13. The molecule has 1 saturated carbocycles. The Morgan fingerprint density at radius 2 is 2.11 bits per heavy atom. The fraction of sp³-hybridized carbons (Fsp3) is 0.833. The van der Waals surface area contributed by atoms with Gasteiger partial charge in [-0.25, -0.2) is 9.59 Å². The lowest BCUT2D eigenvalue weighted by Crippen LogP contribution is -2.52. The van der Waals surface area contributed by atoms with Crippen LogP contribution in [0.25, 0.3) is 0 Å². The number of amides is 2. The predicted octanol–water partition coefficient (Wildman–Crippen LogP) is 1.83. The summed E-state index contributed by atoms with van der Waals surface area (Å²) in [6, 6.07) is -0.721. The average Bonchev–Trinajstić information content (AvgIpc) is 2.88. The third kappa shape index (κ3) is 3.51. The van der Waals surface area contributed by atoms with Gasteiger partial charge in [0.05, 0.1) is 5.88 Å². The van der Waals surface area contributed by atoms with E-state index in [1.165, 1.54) is 23.1 Å². The van der Waals surface area contributed by atoms with Crippen LogP contribution in [-0.2, 0) is 4.79 Å². The zero-order valence-corrected chi connectivity index (χ0v) is 12.6. The molecule has 1 heterocycles. The number of hydrogen-bond donors (Lipinski definition) is 2. The normalized spacial score (nSPS) is 31.2. The van der Waals surface area contributed by atoms with Crippen LogP contribution in [0.3, 0.4) is 0 Å². The van der Waals surface area contributed by atoms with E-state index in [9.17, 15) is 9.59 Å². The lowest BCUT2D eigenvalue weighted by atomic mass is 9.95. The predicted molar refractivity (Wildman–Crippen MR) is 78.7 cm³/mol. The number of hydrogen-bond acceptors (Lipinski definition) is 4. The fourth-order valence-electron chi connectivity index (χ4n) is 2.63. The van der Waals surface area contributed by atoms with E-state index < -0.39 is 12.0 Å². The maximum absolute atomic E-state index is 12.2. The van der Waals surface area contributed by atoms with E-state index in [0.717, 1.165) is 19.3 Å². The van der Waals surface area contributed by atoms with Gasteiger partial charge in [0.1, 0.15) is 6.04 Å². The molecule has 2 rings (SSSR count). The molecule has 0 bridgehead atoms. The van der Waals surface area contributed by atoms with Crippen molar-refractivity contribution in [3.63, 3.8) is 0 Å². The molecule has 2 N–H and O–H groups in total. The van der Waals surface area contributed by atoms with Gasteiger partial charge in [0.15, 0.2) is 0 Å². The largest absolute Gasteiger partial charge is 0.480 e. The topological polar surface area (TPSA) is 69.6 Å². The van der Waals surface area contributed by atoms with E-state index in [0.29, 0.717) is 16.9 Å². The van der Waals surface area contributed by atoms with Crippen molar-refractivity contribution in [2.45, 2.75) is 43.0 Å². The Kier molecular flexibility index (Phi) is 5.27. The van der Waals surface area contributed by atoms with Crippen molar-refractivity contribution in [3.05, 3.63) is 0 Å². The highest BCUT2D eigenvalue weighted by atomic mass is 32.2. The number of carbonyl (C=O) groups excluding carboxylic acids is 1. The number of carboxylic acids is 1. The number of nitrogens with one attached hydrogen (secondary N) is 1. The third-order valence-corrected chi connectivity index (χ3v) is 5.92. The molecule has 2 aliphatic rings. The molecule has 1 aliphatic carbocycles. The van der Waals surface area contributed by atoms with Crippen molar-refractivity contribution < 1.29 is 14.7 Å². The van der Waals surface area contributed by atoms with E-state index in [1.807, 2.05) is 0 Å². The number of nitrogens with zero attached hydrogens (tertiary/aromatic N) is 1. The van der Waals surface area contributed by atoms with Gasteiger partial charge in [0.2, 0.25) is 0 Å². The Bertz CT molecular complexity index is 354. The average molecular weight is 304 g/mol. The van der Waals surface area contributed by atoms with Crippen LogP contribution in [0.15, 0.2) is 0 Å². The molecule has 1 saturated heterocycles. The van der Waals surface area contributed by atoms with Crippen LogP contribution in [0, 0.1) is 0 Å². The van der Waals surface area contributed by atoms with Gasteiger partial charge in [0, 0.05) is 17.0 Å². The maximum Gasteiger partial charge on any atom is 0.327 e. The molecule has 3 atom stereocenters. The highest BCUT2D eigenvalue weighted by Gasteiger charge is 2.36. The van der Waals surface area contributed by atoms with Crippen LogP contribution in [0.1, 0.15) is 25.7 Å². The Morgan fingerprint density at radius 3 is 2.79 bits per heavy atom. The maximum atomic E-state index is 12.2. The molecule has 0 aromatic carbocycles. The van der Waals surface area contributed by atoms with Crippen LogP contribution < -0.4 is 5.32 Å². The molecular formula is C12H20N2O3S2. The molecule has 2 amide bonds. The highest BCUT2D eigenvalue weighted by Crippen LogP contribution is 2.28. The molecular weight excluding hydrogens is 284 g/mol. The number of carboxylic acid groups (broad SMARTS) is 1. The zero-order valence-electron chi connectivity index (χ0n) is 11.0. The number of carbonyl (C=O) groups is 2. The summed E-state index contributed by atoms with van der Waals surface area (Å²) in [4.78, 5) is 24.8. The molecule has 3 unspecified atom stereocenters. The van der Waals surface area contributed by atoms with Crippen LogP contribution in [0.4, 0.5) is 4.79 Å². The monoisotopic (exact) mass is 304 g/mol. The SMILES string of the molecule is CSC1CCCCC1NC(=O)N1CSCC1C(=O)O. The van der Waals surface area contributed by atoms with Crippen molar-refractivity contribution in [1.82, 2.24) is 10.2 Å². The number of rotatable bonds is 3. The summed E-state index contributed by atoms with van der Waals surface area (Å²) in [6.07, 6.45) is 6.55. The Hall–Kier alpha value is -0.560. The summed E-state index contributed by atoms with van der Waals surface area (Å²) in [6.45, 7) is 0. The Balaban J connectivity index is 1.94. The lowest BCUT2D eigenvalue weighted by Gasteiger charge is -2.33. The van der Waals surface area contributed by atoms with E-state index in [2.05, 4.69) is 11.6 Å². The second kappa shape index (κ2) is 6.74. The van der Waals surface area contributed by atoms with Gasteiger partial charge in [-0.3, -0.25) is 0 Å². The van der Waals surface area contributed by atoms with Crippen molar-refractivity contribution >= 4 is 35.5 Å². The quantitative estimate of drug-likeness (QED) is 0.832. The summed E-state index contributed by atoms with van der Waals surface area (Å²) in [5.74, 6) is 0.0453. The first-order valence-electron chi connectivity index (χ1n) is 6.54. The Labute approximate surface area is 121 Å².